The molecule has 1 saturated heterocycles. The van der Waals surface area contributed by atoms with Crippen molar-refractivity contribution in [2.75, 3.05) is 13.1 Å². The number of piperidine rings is 1. The molecule has 1 aromatic rings. The smallest absolute Gasteiger partial charge is 0.336 e. The van der Waals surface area contributed by atoms with Crippen molar-refractivity contribution in [3.63, 3.8) is 0 Å². The highest BCUT2D eigenvalue weighted by Crippen LogP contribution is 2.38. The van der Waals surface area contributed by atoms with E-state index in [0.717, 1.165) is 25.9 Å². The summed E-state index contributed by atoms with van der Waals surface area (Å²) in [5.74, 6) is -0.890. The molecule has 94 valence electrons. The van der Waals surface area contributed by atoms with Gasteiger partial charge in [0, 0.05) is 12.5 Å². The highest BCUT2D eigenvalue weighted by molar-refractivity contribution is 7.10. The standard InChI is InChI=1S/C12H17NO3S/c1-12(16,8-3-2-5-13-7-8)10-9(11(14)15)4-6-17-10/h4,6,8,13,16H,2-3,5,7H2,1H3,(H,14,15). The van der Waals surface area contributed by atoms with Crippen LogP contribution >= 0.6 is 11.3 Å². The number of carboxylic acid groups (broad SMARTS) is 1. The maximum Gasteiger partial charge on any atom is 0.336 e. The largest absolute Gasteiger partial charge is 0.478 e. The maximum absolute atomic E-state index is 11.1. The molecule has 0 spiro atoms. The minimum Gasteiger partial charge on any atom is -0.478 e. The van der Waals surface area contributed by atoms with Gasteiger partial charge in [-0.25, -0.2) is 4.79 Å². The molecule has 0 amide bonds. The predicted molar refractivity (Wildman–Crippen MR) is 66.4 cm³/mol. The Bertz CT molecular complexity index is 408. The van der Waals surface area contributed by atoms with Gasteiger partial charge in [-0.15, -0.1) is 11.3 Å². The Kier molecular flexibility index (Phi) is 3.51. The quantitative estimate of drug-likeness (QED) is 0.768. The average molecular weight is 255 g/mol. The summed E-state index contributed by atoms with van der Waals surface area (Å²) in [7, 11) is 0. The van der Waals surface area contributed by atoms with Gasteiger partial charge in [-0.05, 0) is 37.8 Å². The minimum atomic E-state index is -1.06. The Hall–Kier alpha value is -0.910. The van der Waals surface area contributed by atoms with E-state index in [1.54, 1.807) is 18.4 Å². The molecule has 1 fully saturated rings. The lowest BCUT2D eigenvalue weighted by Crippen LogP contribution is -2.42. The van der Waals surface area contributed by atoms with E-state index in [1.807, 2.05) is 0 Å². The Balaban J connectivity index is 2.29. The van der Waals surface area contributed by atoms with Crippen molar-refractivity contribution in [2.45, 2.75) is 25.4 Å². The molecule has 17 heavy (non-hydrogen) atoms. The number of carboxylic acids is 1. The summed E-state index contributed by atoms with van der Waals surface area (Å²) in [6.45, 7) is 3.44. The fraction of sp³-hybridized carbons (Fsp3) is 0.583. The summed E-state index contributed by atoms with van der Waals surface area (Å²) in [5.41, 5.74) is -0.833. The normalized spacial score (nSPS) is 24.2. The summed E-state index contributed by atoms with van der Waals surface area (Å²) in [5, 5.41) is 24.7. The first-order valence-corrected chi connectivity index (χ1v) is 6.66. The van der Waals surface area contributed by atoms with E-state index >= 15 is 0 Å². The number of aliphatic hydroxyl groups is 1. The molecule has 5 heteroatoms. The van der Waals surface area contributed by atoms with Crippen molar-refractivity contribution in [2.24, 2.45) is 5.92 Å². The molecule has 0 aliphatic carbocycles. The monoisotopic (exact) mass is 255 g/mol. The highest BCUT2D eigenvalue weighted by Gasteiger charge is 2.38. The molecular formula is C12H17NO3S. The first-order chi connectivity index (χ1) is 8.03. The molecule has 2 atom stereocenters. The van der Waals surface area contributed by atoms with Gasteiger partial charge in [-0.3, -0.25) is 0 Å². The number of thiophene rings is 1. The molecular weight excluding hydrogens is 238 g/mol. The summed E-state index contributed by atoms with van der Waals surface area (Å²) in [4.78, 5) is 11.7. The van der Waals surface area contributed by atoms with Crippen molar-refractivity contribution in [1.29, 1.82) is 0 Å². The van der Waals surface area contributed by atoms with Gasteiger partial charge >= 0.3 is 5.97 Å². The maximum atomic E-state index is 11.1. The van der Waals surface area contributed by atoms with Crippen LogP contribution in [0.3, 0.4) is 0 Å². The molecule has 1 aliphatic rings. The third-order valence-corrected chi connectivity index (χ3v) is 4.59. The predicted octanol–water partition coefficient (Wildman–Crippen LogP) is 1.65. The van der Waals surface area contributed by atoms with E-state index in [4.69, 9.17) is 5.11 Å². The number of nitrogens with one attached hydrogen (secondary N) is 1. The fourth-order valence-electron chi connectivity index (χ4n) is 2.39. The zero-order valence-electron chi connectivity index (χ0n) is 9.77. The van der Waals surface area contributed by atoms with Crippen LogP contribution in [0.15, 0.2) is 11.4 Å². The van der Waals surface area contributed by atoms with E-state index in [-0.39, 0.29) is 11.5 Å². The third kappa shape index (κ3) is 2.36. The molecule has 2 rings (SSSR count). The molecule has 0 radical (unpaired) electrons. The SMILES string of the molecule is CC(O)(c1sccc1C(=O)O)C1CCCNC1. The van der Waals surface area contributed by atoms with E-state index in [2.05, 4.69) is 5.32 Å². The Morgan fingerprint density at radius 3 is 3.00 bits per heavy atom. The van der Waals surface area contributed by atoms with Gasteiger partial charge in [-0.2, -0.15) is 0 Å². The molecule has 2 heterocycles. The van der Waals surface area contributed by atoms with E-state index < -0.39 is 11.6 Å². The number of hydrogen-bond acceptors (Lipinski definition) is 4. The zero-order chi connectivity index (χ0) is 12.5. The van der Waals surface area contributed by atoms with Crippen LogP contribution in [0, 0.1) is 5.92 Å². The lowest BCUT2D eigenvalue weighted by atomic mass is 9.81. The Labute approximate surface area is 104 Å². The van der Waals surface area contributed by atoms with Crippen molar-refractivity contribution in [3.8, 4) is 0 Å². The summed E-state index contributed by atoms with van der Waals surface area (Å²) < 4.78 is 0. The topological polar surface area (TPSA) is 69.6 Å². The second-order valence-electron chi connectivity index (χ2n) is 4.66. The van der Waals surface area contributed by atoms with Crippen LogP contribution < -0.4 is 5.32 Å². The van der Waals surface area contributed by atoms with Crippen LogP contribution in [-0.4, -0.2) is 29.3 Å². The molecule has 3 N–H and O–H groups in total. The van der Waals surface area contributed by atoms with Crippen molar-refractivity contribution >= 4 is 17.3 Å². The average Bonchev–Trinajstić information content (AvgIpc) is 2.80. The summed E-state index contributed by atoms with van der Waals surface area (Å²) in [6.07, 6.45) is 1.95. The van der Waals surface area contributed by atoms with Crippen LogP contribution in [0.5, 0.6) is 0 Å². The van der Waals surface area contributed by atoms with Crippen molar-refractivity contribution < 1.29 is 15.0 Å². The second kappa shape index (κ2) is 4.76. The molecule has 1 aliphatic heterocycles. The van der Waals surface area contributed by atoms with Gasteiger partial charge in [0.25, 0.3) is 0 Å². The third-order valence-electron chi connectivity index (χ3n) is 3.45. The number of aromatic carboxylic acids is 1. The number of hydrogen-bond donors (Lipinski definition) is 3. The van der Waals surface area contributed by atoms with Gasteiger partial charge in [-0.1, -0.05) is 0 Å². The van der Waals surface area contributed by atoms with E-state index in [0.29, 0.717) is 4.88 Å². The Morgan fingerprint density at radius 1 is 1.65 bits per heavy atom. The van der Waals surface area contributed by atoms with Gasteiger partial charge in [0.2, 0.25) is 0 Å². The first-order valence-electron chi connectivity index (χ1n) is 5.78. The van der Waals surface area contributed by atoms with E-state index in [9.17, 15) is 9.90 Å². The van der Waals surface area contributed by atoms with Crippen LogP contribution in [0.4, 0.5) is 0 Å². The van der Waals surface area contributed by atoms with Gasteiger partial charge in [0.15, 0.2) is 0 Å². The zero-order valence-corrected chi connectivity index (χ0v) is 10.6. The van der Waals surface area contributed by atoms with E-state index in [1.165, 1.54) is 11.3 Å². The summed E-state index contributed by atoms with van der Waals surface area (Å²) >= 11 is 1.32. The lowest BCUT2D eigenvalue weighted by Gasteiger charge is -2.35. The first kappa shape index (κ1) is 12.5. The van der Waals surface area contributed by atoms with Crippen LogP contribution in [0.1, 0.15) is 35.0 Å². The lowest BCUT2D eigenvalue weighted by molar-refractivity contribution is -0.0134. The second-order valence-corrected chi connectivity index (χ2v) is 5.58. The number of rotatable bonds is 3. The fourth-order valence-corrected chi connectivity index (χ4v) is 3.41. The molecule has 0 aromatic carbocycles. The minimum absolute atomic E-state index is 0.0769. The highest BCUT2D eigenvalue weighted by atomic mass is 32.1. The molecule has 4 nitrogen and oxygen atoms in total. The molecule has 2 unspecified atom stereocenters. The van der Waals surface area contributed by atoms with Gasteiger partial charge < -0.3 is 15.5 Å². The molecule has 0 bridgehead atoms. The molecule has 1 aromatic heterocycles. The number of carbonyl (C=O) groups is 1. The van der Waals surface area contributed by atoms with Crippen LogP contribution in [0.2, 0.25) is 0 Å². The van der Waals surface area contributed by atoms with Crippen molar-refractivity contribution in [3.05, 3.63) is 21.9 Å². The van der Waals surface area contributed by atoms with Crippen LogP contribution in [-0.2, 0) is 5.60 Å². The van der Waals surface area contributed by atoms with Crippen LogP contribution in [0.25, 0.3) is 0 Å². The van der Waals surface area contributed by atoms with Gasteiger partial charge in [0.05, 0.1) is 10.4 Å². The van der Waals surface area contributed by atoms with Gasteiger partial charge in [0.1, 0.15) is 5.60 Å². The Morgan fingerprint density at radius 2 is 2.41 bits per heavy atom. The summed E-state index contributed by atoms with van der Waals surface area (Å²) in [6, 6.07) is 1.56. The molecule has 0 saturated carbocycles. The van der Waals surface area contributed by atoms with Crippen molar-refractivity contribution in [1.82, 2.24) is 5.32 Å².